The number of benzene rings is 1. The molecule has 2 aromatic heterocycles. The molecule has 2 heterocycles. The van der Waals surface area contributed by atoms with E-state index in [0.717, 1.165) is 30.4 Å². The van der Waals surface area contributed by atoms with Crippen molar-refractivity contribution in [3.8, 4) is 11.4 Å². The van der Waals surface area contributed by atoms with E-state index in [-0.39, 0.29) is 12.8 Å². The van der Waals surface area contributed by atoms with Gasteiger partial charge in [0.15, 0.2) is 11.6 Å². The van der Waals surface area contributed by atoms with Crippen LogP contribution in [0.25, 0.3) is 11.4 Å². The maximum atomic E-state index is 14.3. The lowest BCUT2D eigenvalue weighted by Crippen LogP contribution is -2.29. The number of nitrogens with one attached hydrogen (secondary N) is 2. The number of hydrogen-bond donors (Lipinski definition) is 2. The molecule has 28 heavy (non-hydrogen) atoms. The minimum absolute atomic E-state index is 0. The van der Waals surface area contributed by atoms with Gasteiger partial charge in [-0.2, -0.15) is 5.10 Å². The van der Waals surface area contributed by atoms with E-state index in [4.69, 9.17) is 0 Å². The van der Waals surface area contributed by atoms with E-state index in [2.05, 4.69) is 30.4 Å². The minimum Gasteiger partial charge on any atom is -0.358 e. The number of anilines is 3. The molecule has 3 rings (SSSR count). The van der Waals surface area contributed by atoms with Crippen LogP contribution in [-0.4, -0.2) is 59.3 Å². The first-order chi connectivity index (χ1) is 13.3. The number of aromatic nitrogens is 4. The van der Waals surface area contributed by atoms with Crippen LogP contribution in [0.4, 0.5) is 26.2 Å². The van der Waals surface area contributed by atoms with Crippen molar-refractivity contribution in [1.29, 1.82) is 0 Å². The molecule has 150 valence electrons. The Kier molecular flexibility index (Phi) is 5.84. The molecule has 2 N–H and O–H groups in total. The summed E-state index contributed by atoms with van der Waals surface area (Å²) in [4.78, 5) is 12.8. The fraction of sp³-hybridized carbons (Fsp3) is 0.316. The molecule has 3 aromatic rings. The van der Waals surface area contributed by atoms with Gasteiger partial charge >= 0.3 is 0 Å². The number of rotatable bonds is 7. The zero-order valence-corrected chi connectivity index (χ0v) is 16.3. The van der Waals surface area contributed by atoms with E-state index >= 15 is 0 Å². The van der Waals surface area contributed by atoms with Crippen LogP contribution in [0, 0.1) is 18.6 Å². The molecule has 9 heteroatoms. The Balaban J connectivity index is 0.00000300. The Morgan fingerprint density at radius 3 is 2.50 bits per heavy atom. The summed E-state index contributed by atoms with van der Waals surface area (Å²) in [6.07, 6.45) is 0. The van der Waals surface area contributed by atoms with Crippen molar-refractivity contribution in [2.24, 2.45) is 0 Å². The molecule has 1 aromatic carbocycles. The van der Waals surface area contributed by atoms with Crippen molar-refractivity contribution in [2.45, 2.75) is 6.92 Å². The number of H-pyrrole nitrogens is 1. The summed E-state index contributed by atoms with van der Waals surface area (Å²) in [5.41, 5.74) is 0.889. The van der Waals surface area contributed by atoms with E-state index in [0.29, 0.717) is 24.0 Å². The first-order valence-corrected chi connectivity index (χ1v) is 8.81. The highest BCUT2D eigenvalue weighted by molar-refractivity contribution is 5.64. The standard InChI is InChI=1S/C19H23F2N7.H2/c1-12-9-17(26-25-12)22-16-11-18(28(4)8-7-27(2)3)24-19(23-16)14-10-13(20)5-6-15(14)21;/h5-6,9-11H,7-8H2,1-4H3,(H2,22,23,24,25,26);1H. The molecule has 0 unspecified atom stereocenters. The molecule has 0 aliphatic rings. The summed E-state index contributed by atoms with van der Waals surface area (Å²) in [5, 5.41) is 10.1. The summed E-state index contributed by atoms with van der Waals surface area (Å²) < 4.78 is 28.0. The molecule has 0 atom stereocenters. The van der Waals surface area contributed by atoms with E-state index < -0.39 is 11.6 Å². The van der Waals surface area contributed by atoms with Crippen LogP contribution in [0.15, 0.2) is 30.3 Å². The highest BCUT2D eigenvalue weighted by Crippen LogP contribution is 2.26. The van der Waals surface area contributed by atoms with Crippen molar-refractivity contribution in [3.05, 3.63) is 47.7 Å². The number of hydrogen-bond acceptors (Lipinski definition) is 6. The Morgan fingerprint density at radius 2 is 1.82 bits per heavy atom. The molecule has 0 aliphatic heterocycles. The maximum absolute atomic E-state index is 14.3. The summed E-state index contributed by atoms with van der Waals surface area (Å²) in [6.45, 7) is 3.40. The van der Waals surface area contributed by atoms with Crippen molar-refractivity contribution in [3.63, 3.8) is 0 Å². The average molecular weight is 389 g/mol. The van der Waals surface area contributed by atoms with Gasteiger partial charge in [-0.1, -0.05) is 0 Å². The van der Waals surface area contributed by atoms with Crippen molar-refractivity contribution < 1.29 is 10.2 Å². The van der Waals surface area contributed by atoms with E-state index in [1.165, 1.54) is 0 Å². The largest absolute Gasteiger partial charge is 0.358 e. The predicted molar refractivity (Wildman–Crippen MR) is 108 cm³/mol. The SMILES string of the molecule is Cc1cc(Nc2cc(N(C)CCN(C)C)nc(-c3cc(F)ccc3F)n2)n[nH]1.[HH]. The van der Waals surface area contributed by atoms with Crippen LogP contribution in [0.1, 0.15) is 7.12 Å². The summed E-state index contributed by atoms with van der Waals surface area (Å²) in [6, 6.07) is 6.80. The van der Waals surface area contributed by atoms with Gasteiger partial charge in [0.05, 0.1) is 5.56 Å². The van der Waals surface area contributed by atoms with Gasteiger partial charge in [-0.3, -0.25) is 5.10 Å². The molecule has 0 saturated heterocycles. The van der Waals surface area contributed by atoms with E-state index in [1.807, 2.05) is 39.0 Å². The van der Waals surface area contributed by atoms with Crippen LogP contribution < -0.4 is 10.2 Å². The van der Waals surface area contributed by atoms with Gasteiger partial charge in [0, 0.05) is 39.4 Å². The summed E-state index contributed by atoms with van der Waals surface area (Å²) >= 11 is 0. The third-order valence-electron chi connectivity index (χ3n) is 4.12. The third kappa shape index (κ3) is 4.80. The lowest BCUT2D eigenvalue weighted by Gasteiger charge is -2.21. The monoisotopic (exact) mass is 389 g/mol. The molecule has 7 nitrogen and oxygen atoms in total. The molecular formula is C19H25F2N7. The molecule has 0 bridgehead atoms. The fourth-order valence-electron chi connectivity index (χ4n) is 2.56. The zero-order valence-electron chi connectivity index (χ0n) is 16.3. The molecular weight excluding hydrogens is 364 g/mol. The molecule has 0 spiro atoms. The second-order valence-corrected chi connectivity index (χ2v) is 6.85. The highest BCUT2D eigenvalue weighted by atomic mass is 19.1. The molecule has 0 saturated carbocycles. The molecule has 0 fully saturated rings. The Hall–Kier alpha value is -3.07. The van der Waals surface area contributed by atoms with Crippen LogP contribution in [0.3, 0.4) is 0 Å². The average Bonchev–Trinajstić information content (AvgIpc) is 3.06. The van der Waals surface area contributed by atoms with E-state index in [9.17, 15) is 8.78 Å². The van der Waals surface area contributed by atoms with Gasteiger partial charge in [-0.25, -0.2) is 18.7 Å². The van der Waals surface area contributed by atoms with E-state index in [1.54, 1.807) is 6.07 Å². The summed E-state index contributed by atoms with van der Waals surface area (Å²) in [7, 11) is 5.85. The normalized spacial score (nSPS) is 11.1. The number of aromatic amines is 1. The fourth-order valence-corrected chi connectivity index (χ4v) is 2.56. The minimum atomic E-state index is -0.587. The van der Waals surface area contributed by atoms with Gasteiger partial charge in [-0.15, -0.1) is 0 Å². The maximum Gasteiger partial charge on any atom is 0.166 e. The van der Waals surface area contributed by atoms with Crippen molar-refractivity contribution in [1.82, 2.24) is 25.1 Å². The van der Waals surface area contributed by atoms with Crippen LogP contribution in [0.5, 0.6) is 0 Å². The summed E-state index contributed by atoms with van der Waals surface area (Å²) in [5.74, 6) is 0.557. The Morgan fingerprint density at radius 1 is 1.04 bits per heavy atom. The van der Waals surface area contributed by atoms with Gasteiger partial charge < -0.3 is 15.1 Å². The molecule has 0 amide bonds. The number of aryl methyl sites for hydroxylation is 1. The molecule has 0 radical (unpaired) electrons. The zero-order chi connectivity index (χ0) is 20.3. The first-order valence-electron chi connectivity index (χ1n) is 8.81. The first kappa shape index (κ1) is 19.7. The number of halogens is 2. The van der Waals surface area contributed by atoms with Gasteiger partial charge in [0.2, 0.25) is 0 Å². The Labute approximate surface area is 163 Å². The van der Waals surface area contributed by atoms with Crippen molar-refractivity contribution >= 4 is 17.5 Å². The second-order valence-electron chi connectivity index (χ2n) is 6.85. The van der Waals surface area contributed by atoms with Crippen molar-refractivity contribution in [2.75, 3.05) is 44.4 Å². The lowest BCUT2D eigenvalue weighted by molar-refractivity contribution is 0.416. The predicted octanol–water partition coefficient (Wildman–Crippen LogP) is 3.44. The Bertz CT molecular complexity index is 961. The van der Waals surface area contributed by atoms with Crippen LogP contribution in [-0.2, 0) is 0 Å². The topological polar surface area (TPSA) is 73.0 Å². The smallest absolute Gasteiger partial charge is 0.166 e. The number of nitrogens with zero attached hydrogens (tertiary/aromatic N) is 5. The quantitative estimate of drug-likeness (QED) is 0.645. The van der Waals surface area contributed by atoms with Gasteiger partial charge in [-0.05, 0) is 39.2 Å². The highest BCUT2D eigenvalue weighted by Gasteiger charge is 2.15. The van der Waals surface area contributed by atoms with Gasteiger partial charge in [0.1, 0.15) is 23.3 Å². The van der Waals surface area contributed by atoms with Crippen LogP contribution >= 0.6 is 0 Å². The number of likely N-dealkylation sites (N-methyl/N-ethyl adjacent to an activating group) is 2. The van der Waals surface area contributed by atoms with Gasteiger partial charge in [0.25, 0.3) is 0 Å². The third-order valence-corrected chi connectivity index (χ3v) is 4.12. The van der Waals surface area contributed by atoms with Crippen LogP contribution in [0.2, 0.25) is 0 Å². The lowest BCUT2D eigenvalue weighted by atomic mass is 10.2. The molecule has 0 aliphatic carbocycles. The second kappa shape index (κ2) is 8.30.